The Labute approximate surface area is 137 Å². The van der Waals surface area contributed by atoms with Crippen molar-refractivity contribution in [3.63, 3.8) is 0 Å². The van der Waals surface area contributed by atoms with E-state index in [1.165, 1.54) is 18.2 Å². The van der Waals surface area contributed by atoms with E-state index < -0.39 is 10.0 Å². The van der Waals surface area contributed by atoms with Crippen molar-refractivity contribution in [2.45, 2.75) is 30.7 Å². The van der Waals surface area contributed by atoms with Crippen LogP contribution in [0, 0.1) is 0 Å². The smallest absolute Gasteiger partial charge is 0.240 e. The fourth-order valence-electron chi connectivity index (χ4n) is 2.24. The van der Waals surface area contributed by atoms with Crippen LogP contribution < -0.4 is 4.72 Å². The summed E-state index contributed by atoms with van der Waals surface area (Å²) >= 11 is 9.07. The molecule has 0 spiro atoms. The Hall–Kier alpha value is -0.630. The number of nitrogens with one attached hydrogen (secondary N) is 1. The minimum atomic E-state index is -3.63. The summed E-state index contributed by atoms with van der Waals surface area (Å²) in [4.78, 5) is 13.4. The predicted molar refractivity (Wildman–Crippen MR) is 84.7 cm³/mol. The number of amides is 1. The average Bonchev–Trinajstić information content (AvgIpc) is 2.77. The van der Waals surface area contributed by atoms with E-state index in [-0.39, 0.29) is 16.8 Å². The van der Waals surface area contributed by atoms with Crippen molar-refractivity contribution in [2.75, 3.05) is 13.1 Å². The van der Waals surface area contributed by atoms with Crippen LogP contribution in [-0.2, 0) is 14.8 Å². The molecule has 21 heavy (non-hydrogen) atoms. The summed E-state index contributed by atoms with van der Waals surface area (Å²) in [6.45, 7) is 2.82. The first-order chi connectivity index (χ1) is 9.79. The van der Waals surface area contributed by atoms with E-state index in [0.29, 0.717) is 29.0 Å². The molecule has 0 radical (unpaired) electrons. The normalized spacial score (nSPS) is 17.3. The molecular weight excluding hydrogens is 380 g/mol. The highest BCUT2D eigenvalue weighted by atomic mass is 79.9. The Kier molecular flexibility index (Phi) is 5.29. The number of nitrogens with zero attached hydrogens (tertiary/aromatic N) is 1. The minimum absolute atomic E-state index is 0.0790. The van der Waals surface area contributed by atoms with Crippen molar-refractivity contribution in [2.24, 2.45) is 0 Å². The first-order valence-corrected chi connectivity index (χ1v) is 9.20. The molecule has 1 unspecified atom stereocenters. The fraction of sp³-hybridized carbons (Fsp3) is 0.462. The highest BCUT2D eigenvalue weighted by Crippen LogP contribution is 2.25. The molecule has 1 aliphatic rings. The fourth-order valence-corrected chi connectivity index (χ4v) is 4.15. The molecule has 1 fully saturated rings. The van der Waals surface area contributed by atoms with E-state index in [9.17, 15) is 13.2 Å². The van der Waals surface area contributed by atoms with Gasteiger partial charge in [-0.2, -0.15) is 0 Å². The van der Waals surface area contributed by atoms with Gasteiger partial charge in [-0.1, -0.05) is 11.6 Å². The third-order valence-electron chi connectivity index (χ3n) is 3.22. The van der Waals surface area contributed by atoms with E-state index >= 15 is 0 Å². The molecule has 1 amide bonds. The SMILES string of the molecule is CC(CN1CCCC1=O)NS(=O)(=O)c1ccc(Cl)c(Br)c1. The van der Waals surface area contributed by atoms with Crippen molar-refractivity contribution in [3.05, 3.63) is 27.7 Å². The van der Waals surface area contributed by atoms with Crippen LogP contribution in [0.15, 0.2) is 27.6 Å². The van der Waals surface area contributed by atoms with Crippen LogP contribution in [0.2, 0.25) is 5.02 Å². The number of rotatable bonds is 5. The summed E-state index contributed by atoms with van der Waals surface area (Å²) in [5, 5.41) is 0.449. The Balaban J connectivity index is 2.06. The topological polar surface area (TPSA) is 66.5 Å². The molecule has 1 aliphatic heterocycles. The quantitative estimate of drug-likeness (QED) is 0.832. The van der Waals surface area contributed by atoms with Crippen LogP contribution in [0.3, 0.4) is 0 Å². The van der Waals surface area contributed by atoms with E-state index in [1.54, 1.807) is 11.8 Å². The van der Waals surface area contributed by atoms with Gasteiger partial charge in [-0.05, 0) is 47.5 Å². The zero-order valence-electron chi connectivity index (χ0n) is 11.5. The van der Waals surface area contributed by atoms with Gasteiger partial charge in [0.2, 0.25) is 15.9 Å². The first-order valence-electron chi connectivity index (χ1n) is 6.55. The predicted octanol–water partition coefficient (Wildman–Crippen LogP) is 2.39. The lowest BCUT2D eigenvalue weighted by atomic mass is 10.3. The van der Waals surface area contributed by atoms with Gasteiger partial charge in [0.1, 0.15) is 0 Å². The molecule has 8 heteroatoms. The number of halogens is 2. The molecule has 1 N–H and O–H groups in total. The maximum Gasteiger partial charge on any atom is 0.240 e. The second kappa shape index (κ2) is 6.64. The molecule has 1 aromatic rings. The number of hydrogen-bond acceptors (Lipinski definition) is 3. The van der Waals surface area contributed by atoms with Gasteiger partial charge in [-0.15, -0.1) is 0 Å². The molecule has 1 saturated heterocycles. The van der Waals surface area contributed by atoms with Crippen molar-refractivity contribution in [1.82, 2.24) is 9.62 Å². The zero-order chi connectivity index (χ0) is 15.6. The maximum absolute atomic E-state index is 12.3. The zero-order valence-corrected chi connectivity index (χ0v) is 14.6. The van der Waals surface area contributed by atoms with Gasteiger partial charge in [0.05, 0.1) is 9.92 Å². The number of benzene rings is 1. The highest BCUT2D eigenvalue weighted by Gasteiger charge is 2.24. The van der Waals surface area contributed by atoms with Gasteiger partial charge in [0.15, 0.2) is 0 Å². The Morgan fingerprint density at radius 1 is 1.48 bits per heavy atom. The van der Waals surface area contributed by atoms with Crippen molar-refractivity contribution < 1.29 is 13.2 Å². The summed E-state index contributed by atoms with van der Waals surface area (Å²) in [5.74, 6) is 0.0790. The third kappa shape index (κ3) is 4.18. The molecule has 0 bridgehead atoms. The molecule has 1 aromatic carbocycles. The van der Waals surface area contributed by atoms with Gasteiger partial charge < -0.3 is 4.90 Å². The second-order valence-electron chi connectivity index (χ2n) is 5.04. The Morgan fingerprint density at radius 2 is 2.19 bits per heavy atom. The summed E-state index contributed by atoms with van der Waals surface area (Å²) in [7, 11) is -3.63. The van der Waals surface area contributed by atoms with Crippen molar-refractivity contribution in [1.29, 1.82) is 0 Å². The van der Waals surface area contributed by atoms with Gasteiger partial charge in [0.25, 0.3) is 0 Å². The molecule has 116 valence electrons. The summed E-state index contributed by atoms with van der Waals surface area (Å²) in [6.07, 6.45) is 1.38. The maximum atomic E-state index is 12.3. The number of sulfonamides is 1. The summed E-state index contributed by atoms with van der Waals surface area (Å²) in [6, 6.07) is 4.07. The molecule has 5 nitrogen and oxygen atoms in total. The second-order valence-corrected chi connectivity index (χ2v) is 8.02. The lowest BCUT2D eigenvalue weighted by Crippen LogP contribution is -2.42. The Bertz CT molecular complexity index is 651. The molecule has 0 aromatic heterocycles. The van der Waals surface area contributed by atoms with Crippen molar-refractivity contribution >= 4 is 43.5 Å². The average molecular weight is 396 g/mol. The lowest BCUT2D eigenvalue weighted by Gasteiger charge is -2.21. The van der Waals surface area contributed by atoms with Crippen LogP contribution in [0.1, 0.15) is 19.8 Å². The lowest BCUT2D eigenvalue weighted by molar-refractivity contribution is -0.127. The van der Waals surface area contributed by atoms with E-state index in [0.717, 1.165) is 6.42 Å². The van der Waals surface area contributed by atoms with Crippen LogP contribution in [0.4, 0.5) is 0 Å². The van der Waals surface area contributed by atoms with Gasteiger partial charge in [0, 0.05) is 30.0 Å². The van der Waals surface area contributed by atoms with E-state index in [1.807, 2.05) is 0 Å². The van der Waals surface area contributed by atoms with Crippen LogP contribution in [-0.4, -0.2) is 38.4 Å². The monoisotopic (exact) mass is 394 g/mol. The third-order valence-corrected chi connectivity index (χ3v) is 6.02. The number of likely N-dealkylation sites (tertiary alicyclic amines) is 1. The van der Waals surface area contributed by atoms with Crippen molar-refractivity contribution in [3.8, 4) is 0 Å². The largest absolute Gasteiger partial charge is 0.341 e. The molecule has 0 aliphatic carbocycles. The van der Waals surface area contributed by atoms with Gasteiger partial charge in [-0.3, -0.25) is 4.79 Å². The highest BCUT2D eigenvalue weighted by molar-refractivity contribution is 9.10. The molecule has 1 heterocycles. The molecule has 2 rings (SSSR count). The van der Waals surface area contributed by atoms with E-state index in [4.69, 9.17) is 11.6 Å². The number of hydrogen-bond donors (Lipinski definition) is 1. The Morgan fingerprint density at radius 3 is 2.76 bits per heavy atom. The standard InChI is InChI=1S/C13H16BrClN2O3S/c1-9(8-17-6-2-3-13(17)18)16-21(19,20)10-4-5-12(15)11(14)7-10/h4-5,7,9,16H,2-3,6,8H2,1H3. The van der Waals surface area contributed by atoms with E-state index in [2.05, 4.69) is 20.7 Å². The van der Waals surface area contributed by atoms with Crippen LogP contribution >= 0.6 is 27.5 Å². The number of carbonyl (C=O) groups excluding carboxylic acids is 1. The molecular formula is C13H16BrClN2O3S. The van der Waals surface area contributed by atoms with Gasteiger partial charge in [-0.25, -0.2) is 13.1 Å². The minimum Gasteiger partial charge on any atom is -0.341 e. The van der Waals surface area contributed by atoms with Crippen LogP contribution in [0.5, 0.6) is 0 Å². The van der Waals surface area contributed by atoms with Crippen LogP contribution in [0.25, 0.3) is 0 Å². The molecule has 0 saturated carbocycles. The van der Waals surface area contributed by atoms with Gasteiger partial charge >= 0.3 is 0 Å². The number of carbonyl (C=O) groups is 1. The first kappa shape index (κ1) is 16.7. The molecule has 1 atom stereocenters. The summed E-state index contributed by atoms with van der Waals surface area (Å²) < 4.78 is 27.7. The summed E-state index contributed by atoms with van der Waals surface area (Å²) in [5.41, 5.74) is 0.